The Balaban J connectivity index is 1.96. The molecule has 4 nitrogen and oxygen atoms in total. The van der Waals surface area contributed by atoms with Crippen LogP contribution in [-0.4, -0.2) is 33.3 Å². The van der Waals surface area contributed by atoms with Crippen LogP contribution in [0.5, 0.6) is 0 Å². The van der Waals surface area contributed by atoms with Crippen molar-refractivity contribution in [1.29, 1.82) is 0 Å². The number of carbonyl (C=O) groups excluding carboxylic acids is 1. The van der Waals surface area contributed by atoms with Crippen LogP contribution >= 0.6 is 0 Å². The van der Waals surface area contributed by atoms with Gasteiger partial charge in [-0.25, -0.2) is 0 Å². The fourth-order valence-corrected chi connectivity index (χ4v) is 4.27. The van der Waals surface area contributed by atoms with Crippen LogP contribution in [0.15, 0.2) is 30.3 Å². The zero-order valence-corrected chi connectivity index (χ0v) is 12.3. The fraction of sp³-hybridized carbons (Fsp3) is 0.529. The molecule has 2 saturated heterocycles. The number of hydrogen-bond donors (Lipinski definition) is 1. The van der Waals surface area contributed by atoms with E-state index in [-0.39, 0.29) is 11.8 Å². The molecule has 21 heavy (non-hydrogen) atoms. The lowest BCUT2D eigenvalue weighted by Crippen LogP contribution is -2.60. The Morgan fingerprint density at radius 1 is 1.38 bits per heavy atom. The SMILES string of the molecule is CC[C@@]12CC[C@@H](CC(=O)C1C(=O)O)N2Cc1ccccc1. The Labute approximate surface area is 124 Å². The van der Waals surface area contributed by atoms with Gasteiger partial charge in [0.15, 0.2) is 5.78 Å². The van der Waals surface area contributed by atoms with E-state index in [2.05, 4.69) is 17.0 Å². The van der Waals surface area contributed by atoms with Crippen LogP contribution in [0.2, 0.25) is 0 Å². The van der Waals surface area contributed by atoms with Crippen LogP contribution in [0.25, 0.3) is 0 Å². The molecule has 1 unspecified atom stereocenters. The van der Waals surface area contributed by atoms with E-state index in [1.54, 1.807) is 0 Å². The molecule has 3 rings (SSSR count). The topological polar surface area (TPSA) is 57.6 Å². The summed E-state index contributed by atoms with van der Waals surface area (Å²) in [4.78, 5) is 26.2. The molecule has 0 aromatic heterocycles. The first kappa shape index (κ1) is 14.3. The van der Waals surface area contributed by atoms with Gasteiger partial charge in [0.05, 0.1) is 0 Å². The summed E-state index contributed by atoms with van der Waals surface area (Å²) in [6, 6.07) is 10.3. The quantitative estimate of drug-likeness (QED) is 0.864. The van der Waals surface area contributed by atoms with Gasteiger partial charge in [0.2, 0.25) is 0 Å². The van der Waals surface area contributed by atoms with Gasteiger partial charge >= 0.3 is 5.97 Å². The van der Waals surface area contributed by atoms with Crippen molar-refractivity contribution < 1.29 is 14.7 Å². The number of nitrogens with zero attached hydrogens (tertiary/aromatic N) is 1. The van der Waals surface area contributed by atoms with Crippen LogP contribution in [0.4, 0.5) is 0 Å². The van der Waals surface area contributed by atoms with Gasteiger partial charge in [0.1, 0.15) is 5.92 Å². The summed E-state index contributed by atoms with van der Waals surface area (Å²) in [6.07, 6.45) is 2.82. The van der Waals surface area contributed by atoms with Crippen molar-refractivity contribution in [2.24, 2.45) is 5.92 Å². The third-order valence-corrected chi connectivity index (χ3v) is 5.27. The molecule has 2 aliphatic heterocycles. The minimum atomic E-state index is -0.958. The standard InChI is InChI=1S/C17H21NO3/c1-2-17-9-8-13(10-14(19)15(17)16(20)21)18(17)11-12-6-4-3-5-7-12/h3-7,13,15H,2,8-11H2,1H3,(H,20,21)/t13-,15?,17+/m0/s1. The van der Waals surface area contributed by atoms with Crippen molar-refractivity contribution in [3.8, 4) is 0 Å². The molecule has 0 spiro atoms. The highest BCUT2D eigenvalue weighted by Gasteiger charge is 2.59. The summed E-state index contributed by atoms with van der Waals surface area (Å²) in [7, 11) is 0. The molecule has 2 bridgehead atoms. The van der Waals surface area contributed by atoms with Crippen LogP contribution in [0.1, 0.15) is 38.2 Å². The monoisotopic (exact) mass is 287 g/mol. The minimum absolute atomic E-state index is 0.0869. The number of aliphatic carboxylic acids is 1. The number of Topliss-reactive ketones (excluding diaryl/α,β-unsaturated/α-hetero) is 1. The number of carboxylic acid groups (broad SMARTS) is 1. The zero-order valence-electron chi connectivity index (χ0n) is 12.3. The number of ketones is 1. The molecule has 0 amide bonds. The van der Waals surface area contributed by atoms with E-state index in [1.807, 2.05) is 25.1 Å². The van der Waals surface area contributed by atoms with Gasteiger partial charge < -0.3 is 5.11 Å². The number of benzene rings is 1. The van der Waals surface area contributed by atoms with Crippen molar-refractivity contribution in [3.63, 3.8) is 0 Å². The number of fused-ring (bicyclic) bond motifs is 2. The van der Waals surface area contributed by atoms with Crippen LogP contribution in [0.3, 0.4) is 0 Å². The number of carboxylic acids is 1. The van der Waals surface area contributed by atoms with E-state index in [4.69, 9.17) is 0 Å². The average molecular weight is 287 g/mol. The molecule has 1 aromatic carbocycles. The first-order valence-corrected chi connectivity index (χ1v) is 7.64. The van der Waals surface area contributed by atoms with Gasteiger partial charge in [-0.1, -0.05) is 37.3 Å². The maximum Gasteiger partial charge on any atom is 0.315 e. The molecule has 1 N–H and O–H groups in total. The second-order valence-corrected chi connectivity index (χ2v) is 6.20. The molecule has 3 atom stereocenters. The molecule has 0 saturated carbocycles. The van der Waals surface area contributed by atoms with Crippen molar-refractivity contribution >= 4 is 11.8 Å². The van der Waals surface area contributed by atoms with Crippen molar-refractivity contribution in [3.05, 3.63) is 35.9 Å². The van der Waals surface area contributed by atoms with Crippen molar-refractivity contribution in [1.82, 2.24) is 4.90 Å². The van der Waals surface area contributed by atoms with Crippen LogP contribution in [-0.2, 0) is 16.1 Å². The number of rotatable bonds is 4. The highest BCUT2D eigenvalue weighted by molar-refractivity contribution is 6.01. The van der Waals surface area contributed by atoms with Gasteiger partial charge in [-0.05, 0) is 24.8 Å². The molecule has 2 heterocycles. The average Bonchev–Trinajstić information content (AvgIpc) is 2.71. The van der Waals surface area contributed by atoms with Crippen LogP contribution < -0.4 is 0 Å². The molecule has 2 fully saturated rings. The van der Waals surface area contributed by atoms with E-state index in [9.17, 15) is 14.7 Å². The Hall–Kier alpha value is -1.68. The van der Waals surface area contributed by atoms with Gasteiger partial charge in [-0.15, -0.1) is 0 Å². The Morgan fingerprint density at radius 2 is 2.10 bits per heavy atom. The normalized spacial score (nSPS) is 32.3. The Bertz CT molecular complexity index is 556. The molecule has 0 aliphatic carbocycles. The maximum atomic E-state index is 12.3. The third-order valence-electron chi connectivity index (χ3n) is 5.27. The minimum Gasteiger partial charge on any atom is -0.481 e. The molecule has 1 aromatic rings. The van der Waals surface area contributed by atoms with E-state index >= 15 is 0 Å². The molecule has 112 valence electrons. The number of piperidine rings is 1. The summed E-state index contributed by atoms with van der Waals surface area (Å²) in [6.45, 7) is 2.74. The highest BCUT2D eigenvalue weighted by atomic mass is 16.4. The molecular weight excluding hydrogens is 266 g/mol. The van der Waals surface area contributed by atoms with Gasteiger partial charge in [-0.3, -0.25) is 14.5 Å². The number of hydrogen-bond acceptors (Lipinski definition) is 3. The van der Waals surface area contributed by atoms with Crippen LogP contribution in [0, 0.1) is 5.92 Å². The van der Waals surface area contributed by atoms with Crippen molar-refractivity contribution in [2.45, 2.75) is 50.7 Å². The van der Waals surface area contributed by atoms with Gasteiger partial charge in [0.25, 0.3) is 0 Å². The third kappa shape index (κ3) is 2.18. The molecule has 4 heteroatoms. The predicted octanol–water partition coefficient (Wildman–Crippen LogP) is 2.47. The number of carbonyl (C=O) groups is 2. The first-order valence-electron chi connectivity index (χ1n) is 7.64. The Kier molecular flexibility index (Phi) is 3.57. The van der Waals surface area contributed by atoms with E-state index in [0.717, 1.165) is 19.4 Å². The van der Waals surface area contributed by atoms with Gasteiger partial charge in [0, 0.05) is 24.5 Å². The van der Waals surface area contributed by atoms with Crippen molar-refractivity contribution in [2.75, 3.05) is 0 Å². The lowest BCUT2D eigenvalue weighted by atomic mass is 9.74. The lowest BCUT2D eigenvalue weighted by molar-refractivity contribution is -0.158. The fourth-order valence-electron chi connectivity index (χ4n) is 4.27. The zero-order chi connectivity index (χ0) is 15.0. The van der Waals surface area contributed by atoms with E-state index in [0.29, 0.717) is 12.8 Å². The summed E-state index contributed by atoms with van der Waals surface area (Å²) in [5.74, 6) is -1.92. The second kappa shape index (κ2) is 5.26. The first-order chi connectivity index (χ1) is 10.1. The van der Waals surface area contributed by atoms with E-state index in [1.165, 1.54) is 5.56 Å². The highest BCUT2D eigenvalue weighted by Crippen LogP contribution is 2.48. The summed E-state index contributed by atoms with van der Waals surface area (Å²) < 4.78 is 0. The van der Waals surface area contributed by atoms with Gasteiger partial charge in [-0.2, -0.15) is 0 Å². The predicted molar refractivity (Wildman–Crippen MR) is 78.8 cm³/mol. The molecule has 2 aliphatic rings. The lowest BCUT2D eigenvalue weighted by Gasteiger charge is -2.47. The summed E-state index contributed by atoms with van der Waals surface area (Å²) >= 11 is 0. The smallest absolute Gasteiger partial charge is 0.315 e. The molecule has 0 radical (unpaired) electrons. The molecular formula is C17H21NO3. The largest absolute Gasteiger partial charge is 0.481 e. The summed E-state index contributed by atoms with van der Waals surface area (Å²) in [5, 5.41) is 9.56. The maximum absolute atomic E-state index is 12.3. The Morgan fingerprint density at radius 3 is 2.71 bits per heavy atom. The second-order valence-electron chi connectivity index (χ2n) is 6.20. The summed E-state index contributed by atoms with van der Waals surface area (Å²) in [5.41, 5.74) is 0.683. The van der Waals surface area contributed by atoms with E-state index < -0.39 is 17.4 Å².